The zero-order valence-electron chi connectivity index (χ0n) is 14.2. The van der Waals surface area contributed by atoms with Gasteiger partial charge in [0.25, 0.3) is 0 Å². The SMILES string of the molecule is CCCc1ccc(OP([O-])Oc2ccc(CCC)cc2)cc1.[Cl-].[Mg+2]. The first-order chi connectivity index (χ1) is 10.7. The molecule has 0 unspecified atom stereocenters. The Hall–Kier alpha value is -0.514. The largest absolute Gasteiger partial charge is 2.00 e. The fraction of sp³-hybridized carbons (Fsp3) is 0.333. The molecule has 0 saturated carbocycles. The number of rotatable bonds is 8. The van der Waals surface area contributed by atoms with Gasteiger partial charge in [0.15, 0.2) is 0 Å². The third-order valence-electron chi connectivity index (χ3n) is 3.28. The maximum Gasteiger partial charge on any atom is 2.00 e. The molecular weight excluding hydrogens is 355 g/mol. The topological polar surface area (TPSA) is 41.5 Å². The molecule has 0 aliphatic carbocycles. The van der Waals surface area contributed by atoms with Crippen LogP contribution >= 0.6 is 8.60 Å². The first kappa shape index (κ1) is 23.5. The second kappa shape index (κ2) is 12.8. The van der Waals surface area contributed by atoms with Crippen LogP contribution in [0.5, 0.6) is 11.5 Å². The summed E-state index contributed by atoms with van der Waals surface area (Å²) in [6.45, 7) is 4.28. The van der Waals surface area contributed by atoms with E-state index in [1.165, 1.54) is 11.1 Å². The van der Waals surface area contributed by atoms with E-state index in [4.69, 9.17) is 9.05 Å². The average molecular weight is 377 g/mol. The second-order valence-electron chi connectivity index (χ2n) is 5.19. The van der Waals surface area contributed by atoms with E-state index < -0.39 is 8.60 Å². The molecule has 6 heteroatoms. The van der Waals surface area contributed by atoms with Crippen molar-refractivity contribution in [3.8, 4) is 11.5 Å². The van der Waals surface area contributed by atoms with Crippen LogP contribution in [0, 0.1) is 0 Å². The second-order valence-corrected chi connectivity index (χ2v) is 6.01. The van der Waals surface area contributed by atoms with Crippen molar-refractivity contribution in [2.45, 2.75) is 39.5 Å². The zero-order chi connectivity index (χ0) is 15.8. The van der Waals surface area contributed by atoms with Gasteiger partial charge in [0.1, 0.15) is 11.5 Å². The van der Waals surface area contributed by atoms with Crippen molar-refractivity contribution in [1.82, 2.24) is 0 Å². The number of halogens is 1. The van der Waals surface area contributed by atoms with Crippen molar-refractivity contribution in [2.75, 3.05) is 0 Å². The van der Waals surface area contributed by atoms with Gasteiger partial charge in [-0.15, -0.1) is 0 Å². The summed E-state index contributed by atoms with van der Waals surface area (Å²) in [6, 6.07) is 15.3. The van der Waals surface area contributed by atoms with Gasteiger partial charge >= 0.3 is 23.1 Å². The molecule has 0 aliphatic rings. The molecule has 24 heavy (non-hydrogen) atoms. The van der Waals surface area contributed by atoms with Crippen LogP contribution in [0.2, 0.25) is 0 Å². The summed E-state index contributed by atoms with van der Waals surface area (Å²) < 4.78 is 10.6. The molecule has 0 aliphatic heterocycles. The van der Waals surface area contributed by atoms with Crippen molar-refractivity contribution in [2.24, 2.45) is 0 Å². The van der Waals surface area contributed by atoms with E-state index >= 15 is 0 Å². The molecule has 0 aromatic heterocycles. The Morgan fingerprint density at radius 3 is 1.38 bits per heavy atom. The number of aryl methyl sites for hydroxylation is 2. The molecule has 0 atom stereocenters. The van der Waals surface area contributed by atoms with Gasteiger partial charge in [0, 0.05) is 0 Å². The van der Waals surface area contributed by atoms with E-state index in [1.54, 1.807) is 0 Å². The van der Waals surface area contributed by atoms with Gasteiger partial charge in [0.2, 0.25) is 8.60 Å². The standard InChI is InChI=1S/C18H22O3P.ClH.Mg/c1-3-5-15-7-11-17(12-8-15)20-22(19)21-18-13-9-16(6-4-2)10-14-18;;/h7-14H,3-6H2,1-2H3;1H;/q-1;;+2/p-1. The molecule has 3 nitrogen and oxygen atoms in total. The maximum absolute atomic E-state index is 11.9. The van der Waals surface area contributed by atoms with Crippen LogP contribution < -0.4 is 26.3 Å². The minimum atomic E-state index is -2.22. The predicted molar refractivity (Wildman–Crippen MR) is 94.8 cm³/mol. The Morgan fingerprint density at radius 1 is 0.750 bits per heavy atom. The molecule has 0 spiro atoms. The number of hydrogen-bond acceptors (Lipinski definition) is 3. The van der Waals surface area contributed by atoms with Crippen LogP contribution in [-0.2, 0) is 12.8 Å². The Balaban J connectivity index is 0.00000264. The summed E-state index contributed by atoms with van der Waals surface area (Å²) in [6.07, 6.45) is 4.28. The van der Waals surface area contributed by atoms with Crippen LogP contribution in [0.25, 0.3) is 0 Å². The quantitative estimate of drug-likeness (QED) is 0.514. The number of benzene rings is 2. The Labute approximate surface area is 168 Å². The molecule has 0 saturated heterocycles. The van der Waals surface area contributed by atoms with Gasteiger partial charge in [-0.3, -0.25) is 0 Å². The van der Waals surface area contributed by atoms with Gasteiger partial charge in [-0.2, -0.15) is 0 Å². The molecular formula is C18H22ClMgO3P. The fourth-order valence-electron chi connectivity index (χ4n) is 2.20. The molecule has 2 aromatic carbocycles. The van der Waals surface area contributed by atoms with Crippen LogP contribution in [0.4, 0.5) is 0 Å². The van der Waals surface area contributed by atoms with Gasteiger partial charge in [0.05, 0.1) is 0 Å². The summed E-state index contributed by atoms with van der Waals surface area (Å²) in [4.78, 5) is 11.9. The van der Waals surface area contributed by atoms with Crippen molar-refractivity contribution in [1.29, 1.82) is 0 Å². The molecule has 0 fully saturated rings. The third-order valence-corrected chi connectivity index (χ3v) is 4.00. The third kappa shape index (κ3) is 8.04. The smallest absolute Gasteiger partial charge is 1.00 e. The fourth-order valence-corrected chi connectivity index (χ4v) is 2.83. The maximum atomic E-state index is 11.9. The van der Waals surface area contributed by atoms with E-state index in [9.17, 15) is 4.89 Å². The molecule has 0 amide bonds. The summed E-state index contributed by atoms with van der Waals surface area (Å²) in [5, 5.41) is 0. The number of hydrogen-bond donors (Lipinski definition) is 0. The molecule has 0 heterocycles. The van der Waals surface area contributed by atoms with Crippen LogP contribution in [0.3, 0.4) is 0 Å². The average Bonchev–Trinajstić information content (AvgIpc) is 2.52. The Morgan fingerprint density at radius 2 is 1.08 bits per heavy atom. The molecule has 2 rings (SSSR count). The molecule has 0 bridgehead atoms. The summed E-state index contributed by atoms with van der Waals surface area (Å²) in [5.41, 5.74) is 2.50. The Bertz CT molecular complexity index is 512. The monoisotopic (exact) mass is 376 g/mol. The van der Waals surface area contributed by atoms with Gasteiger partial charge in [-0.25, -0.2) is 0 Å². The minimum absolute atomic E-state index is 0. The first-order valence-corrected chi connectivity index (χ1v) is 8.82. The minimum Gasteiger partial charge on any atom is -1.00 e. The van der Waals surface area contributed by atoms with E-state index in [1.807, 2.05) is 48.5 Å². The molecule has 126 valence electrons. The Kier molecular flexibility index (Phi) is 12.5. The van der Waals surface area contributed by atoms with E-state index in [0.717, 1.165) is 25.7 Å². The predicted octanol–water partition coefficient (Wildman–Crippen LogP) is 1.26. The molecule has 2 aromatic rings. The van der Waals surface area contributed by atoms with Crippen LogP contribution in [0.15, 0.2) is 48.5 Å². The van der Waals surface area contributed by atoms with Gasteiger partial charge in [-0.1, -0.05) is 51.0 Å². The van der Waals surface area contributed by atoms with Gasteiger partial charge < -0.3 is 26.3 Å². The van der Waals surface area contributed by atoms with E-state index in [2.05, 4.69) is 13.8 Å². The van der Waals surface area contributed by atoms with Crippen molar-refractivity contribution < 1.29 is 26.3 Å². The first-order valence-electron chi connectivity index (χ1n) is 7.72. The summed E-state index contributed by atoms with van der Waals surface area (Å²) >= 11 is 0. The molecule has 0 N–H and O–H groups in total. The zero-order valence-corrected chi connectivity index (χ0v) is 17.3. The summed E-state index contributed by atoms with van der Waals surface area (Å²) in [7, 11) is -2.22. The van der Waals surface area contributed by atoms with Crippen molar-refractivity contribution in [3.05, 3.63) is 59.7 Å². The normalized spacial score (nSPS) is 9.83. The molecule has 0 radical (unpaired) electrons. The van der Waals surface area contributed by atoms with Gasteiger partial charge in [-0.05, 0) is 48.2 Å². The van der Waals surface area contributed by atoms with Crippen LogP contribution in [-0.4, -0.2) is 23.1 Å². The van der Waals surface area contributed by atoms with E-state index in [0.29, 0.717) is 11.5 Å². The van der Waals surface area contributed by atoms with Crippen LogP contribution in [0.1, 0.15) is 37.8 Å². The summed E-state index contributed by atoms with van der Waals surface area (Å²) in [5.74, 6) is 1.12. The van der Waals surface area contributed by atoms with Crippen molar-refractivity contribution >= 4 is 31.7 Å². The van der Waals surface area contributed by atoms with E-state index in [-0.39, 0.29) is 35.5 Å². The van der Waals surface area contributed by atoms with Crippen molar-refractivity contribution in [3.63, 3.8) is 0 Å².